The molecule has 1 fully saturated rings. The summed E-state index contributed by atoms with van der Waals surface area (Å²) in [5.41, 5.74) is -0.189. The van der Waals surface area contributed by atoms with Gasteiger partial charge in [-0.1, -0.05) is 0 Å². The van der Waals surface area contributed by atoms with Crippen LogP contribution in [0.4, 0.5) is 5.82 Å². The summed E-state index contributed by atoms with van der Waals surface area (Å²) in [5.74, 6) is 0.775. The first kappa shape index (κ1) is 9.21. The highest BCUT2D eigenvalue weighted by molar-refractivity contribution is 5.35. The molecular formula is C9H13N3O2. The van der Waals surface area contributed by atoms with Gasteiger partial charge in [-0.15, -0.1) is 0 Å². The molecule has 2 N–H and O–H groups in total. The van der Waals surface area contributed by atoms with Crippen LogP contribution in [0.5, 0.6) is 0 Å². The van der Waals surface area contributed by atoms with Gasteiger partial charge in [-0.2, -0.15) is 0 Å². The summed E-state index contributed by atoms with van der Waals surface area (Å²) in [6.07, 6.45) is 4.23. The summed E-state index contributed by atoms with van der Waals surface area (Å²) in [6.45, 7) is 1.58. The van der Waals surface area contributed by atoms with Gasteiger partial charge in [-0.3, -0.25) is 4.79 Å². The lowest BCUT2D eigenvalue weighted by atomic mass is 10.1. The Balaban J connectivity index is 2.08. The molecule has 0 aromatic carbocycles. The van der Waals surface area contributed by atoms with Crippen molar-refractivity contribution in [2.24, 2.45) is 0 Å². The zero-order valence-corrected chi connectivity index (χ0v) is 7.81. The molecule has 0 amide bonds. The molecule has 0 atom stereocenters. The van der Waals surface area contributed by atoms with Crippen molar-refractivity contribution in [2.45, 2.75) is 18.9 Å². The highest BCUT2D eigenvalue weighted by atomic mass is 16.3. The maximum absolute atomic E-state index is 10.8. The van der Waals surface area contributed by atoms with E-state index in [2.05, 4.69) is 14.9 Å². The van der Waals surface area contributed by atoms with Crippen molar-refractivity contribution in [1.82, 2.24) is 9.97 Å². The SMILES string of the molecule is O=c1cnc(N2CCC(O)CC2)c[nH]1. The Morgan fingerprint density at radius 1 is 1.50 bits per heavy atom. The molecule has 1 saturated heterocycles. The molecule has 5 nitrogen and oxygen atoms in total. The topological polar surface area (TPSA) is 69.2 Å². The van der Waals surface area contributed by atoms with Crippen molar-refractivity contribution in [1.29, 1.82) is 0 Å². The Hall–Kier alpha value is -1.36. The van der Waals surface area contributed by atoms with Gasteiger partial charge >= 0.3 is 0 Å². The van der Waals surface area contributed by atoms with Crippen molar-refractivity contribution in [3.63, 3.8) is 0 Å². The van der Waals surface area contributed by atoms with Gasteiger partial charge in [0, 0.05) is 19.3 Å². The van der Waals surface area contributed by atoms with Crippen LogP contribution < -0.4 is 10.5 Å². The van der Waals surface area contributed by atoms with Crippen molar-refractivity contribution in [3.05, 3.63) is 22.7 Å². The number of aromatic nitrogens is 2. The highest BCUT2D eigenvalue weighted by Crippen LogP contribution is 2.15. The minimum absolute atomic E-state index is 0.186. The van der Waals surface area contributed by atoms with E-state index in [4.69, 9.17) is 0 Å². The molecule has 2 heterocycles. The van der Waals surface area contributed by atoms with E-state index >= 15 is 0 Å². The van der Waals surface area contributed by atoms with Crippen LogP contribution in [-0.2, 0) is 0 Å². The predicted molar refractivity (Wildman–Crippen MR) is 52.3 cm³/mol. The summed E-state index contributed by atoms with van der Waals surface area (Å²) in [5, 5.41) is 9.31. The lowest BCUT2D eigenvalue weighted by molar-refractivity contribution is 0.145. The number of piperidine rings is 1. The minimum Gasteiger partial charge on any atom is -0.393 e. The molecule has 76 valence electrons. The average Bonchev–Trinajstić information content (AvgIpc) is 2.21. The molecule has 1 aromatic heterocycles. The lowest BCUT2D eigenvalue weighted by Gasteiger charge is -2.30. The molecule has 0 bridgehead atoms. The molecule has 1 aliphatic rings. The third-order valence-corrected chi connectivity index (χ3v) is 2.45. The highest BCUT2D eigenvalue weighted by Gasteiger charge is 2.17. The van der Waals surface area contributed by atoms with Crippen LogP contribution in [-0.4, -0.2) is 34.3 Å². The van der Waals surface area contributed by atoms with Gasteiger partial charge in [0.15, 0.2) is 0 Å². The molecule has 0 aliphatic carbocycles. The van der Waals surface area contributed by atoms with Gasteiger partial charge in [0.1, 0.15) is 5.82 Å². The number of nitrogens with zero attached hydrogens (tertiary/aromatic N) is 2. The normalized spacial score (nSPS) is 18.5. The van der Waals surface area contributed by atoms with E-state index in [1.54, 1.807) is 6.20 Å². The summed E-state index contributed by atoms with van der Waals surface area (Å²) in [7, 11) is 0. The summed E-state index contributed by atoms with van der Waals surface area (Å²) in [6, 6.07) is 0. The molecule has 0 spiro atoms. The molecule has 0 unspecified atom stereocenters. The van der Waals surface area contributed by atoms with E-state index in [1.807, 2.05) is 0 Å². The van der Waals surface area contributed by atoms with Gasteiger partial charge < -0.3 is 15.0 Å². The fraction of sp³-hybridized carbons (Fsp3) is 0.556. The molecule has 0 radical (unpaired) electrons. The van der Waals surface area contributed by atoms with Gasteiger partial charge in [0.05, 0.1) is 12.3 Å². The smallest absolute Gasteiger partial charge is 0.266 e. The van der Waals surface area contributed by atoms with Crippen LogP contribution >= 0.6 is 0 Å². The standard InChI is InChI=1S/C9H13N3O2/c13-7-1-3-12(4-2-7)8-5-11-9(14)6-10-8/h5-7,13H,1-4H2,(H,11,14). The van der Waals surface area contributed by atoms with E-state index in [0.29, 0.717) is 0 Å². The first-order valence-electron chi connectivity index (χ1n) is 4.73. The molecule has 1 aliphatic heterocycles. The lowest BCUT2D eigenvalue weighted by Crippen LogP contribution is -2.36. The van der Waals surface area contributed by atoms with Crippen LogP contribution in [0.1, 0.15) is 12.8 Å². The number of rotatable bonds is 1. The van der Waals surface area contributed by atoms with E-state index in [-0.39, 0.29) is 11.7 Å². The second kappa shape index (κ2) is 3.79. The Labute approximate surface area is 81.4 Å². The van der Waals surface area contributed by atoms with Crippen LogP contribution in [0.3, 0.4) is 0 Å². The zero-order chi connectivity index (χ0) is 9.97. The second-order valence-corrected chi connectivity index (χ2v) is 3.49. The van der Waals surface area contributed by atoms with E-state index < -0.39 is 0 Å². The van der Waals surface area contributed by atoms with Crippen LogP contribution in [0.2, 0.25) is 0 Å². The van der Waals surface area contributed by atoms with Crippen molar-refractivity contribution in [3.8, 4) is 0 Å². The first-order valence-corrected chi connectivity index (χ1v) is 4.73. The molecule has 2 rings (SSSR count). The number of hydrogen-bond donors (Lipinski definition) is 2. The van der Waals surface area contributed by atoms with Gasteiger partial charge in [0.2, 0.25) is 0 Å². The Bertz CT molecular complexity index is 335. The fourth-order valence-electron chi connectivity index (χ4n) is 1.60. The molecule has 5 heteroatoms. The molecule has 0 saturated carbocycles. The fourth-order valence-corrected chi connectivity index (χ4v) is 1.60. The first-order chi connectivity index (χ1) is 6.75. The van der Waals surface area contributed by atoms with Gasteiger partial charge in [-0.25, -0.2) is 4.98 Å². The number of hydrogen-bond acceptors (Lipinski definition) is 4. The summed E-state index contributed by atoms with van der Waals surface area (Å²) in [4.78, 5) is 19.5. The van der Waals surface area contributed by atoms with Crippen LogP contribution in [0, 0.1) is 0 Å². The molecular weight excluding hydrogens is 182 g/mol. The summed E-state index contributed by atoms with van der Waals surface area (Å²) < 4.78 is 0. The number of H-pyrrole nitrogens is 1. The van der Waals surface area contributed by atoms with Gasteiger partial charge in [0.25, 0.3) is 5.56 Å². The second-order valence-electron chi connectivity index (χ2n) is 3.49. The molecule has 14 heavy (non-hydrogen) atoms. The predicted octanol–water partition coefficient (Wildman–Crippen LogP) is -0.269. The Morgan fingerprint density at radius 2 is 2.21 bits per heavy atom. The van der Waals surface area contributed by atoms with Crippen molar-refractivity contribution >= 4 is 5.82 Å². The Morgan fingerprint density at radius 3 is 2.79 bits per heavy atom. The summed E-state index contributed by atoms with van der Waals surface area (Å²) >= 11 is 0. The zero-order valence-electron chi connectivity index (χ0n) is 7.81. The average molecular weight is 195 g/mol. The third kappa shape index (κ3) is 1.93. The maximum atomic E-state index is 10.8. The van der Waals surface area contributed by atoms with Gasteiger partial charge in [-0.05, 0) is 12.8 Å². The Kier molecular flexibility index (Phi) is 2.49. The number of aliphatic hydroxyl groups is 1. The van der Waals surface area contributed by atoms with E-state index in [1.165, 1.54) is 6.20 Å². The largest absolute Gasteiger partial charge is 0.393 e. The van der Waals surface area contributed by atoms with Crippen LogP contribution in [0.25, 0.3) is 0 Å². The van der Waals surface area contributed by atoms with E-state index in [9.17, 15) is 9.90 Å². The number of aliphatic hydroxyl groups excluding tert-OH is 1. The number of aromatic amines is 1. The number of anilines is 1. The van der Waals surface area contributed by atoms with Crippen molar-refractivity contribution in [2.75, 3.05) is 18.0 Å². The van der Waals surface area contributed by atoms with Crippen molar-refractivity contribution < 1.29 is 5.11 Å². The van der Waals surface area contributed by atoms with Crippen LogP contribution in [0.15, 0.2) is 17.2 Å². The molecule has 1 aromatic rings. The quantitative estimate of drug-likeness (QED) is 0.647. The monoisotopic (exact) mass is 195 g/mol. The third-order valence-electron chi connectivity index (χ3n) is 2.45. The minimum atomic E-state index is -0.189. The maximum Gasteiger partial charge on any atom is 0.266 e. The number of nitrogens with one attached hydrogen (secondary N) is 1. The van der Waals surface area contributed by atoms with E-state index in [0.717, 1.165) is 31.7 Å².